The minimum Gasteiger partial charge on any atom is -0.397 e. The monoisotopic (exact) mass is 189 g/mol. The van der Waals surface area contributed by atoms with Crippen LogP contribution in [0.25, 0.3) is 10.9 Å². The van der Waals surface area contributed by atoms with E-state index in [1.165, 1.54) is 5.56 Å². The quantitative estimate of drug-likeness (QED) is 0.735. The molecule has 0 saturated heterocycles. The smallest absolute Gasteiger partial charge is 0.0911 e. The molecule has 0 aliphatic carbocycles. The second-order valence-electron chi connectivity index (χ2n) is 3.59. The van der Waals surface area contributed by atoms with Crippen molar-refractivity contribution in [2.75, 3.05) is 5.73 Å². The minimum absolute atomic E-state index is 0.879. The summed E-state index contributed by atoms with van der Waals surface area (Å²) in [7, 11) is 1.93. The number of fused-ring (bicyclic) bond motifs is 1. The Morgan fingerprint density at radius 3 is 2.93 bits per heavy atom. The van der Waals surface area contributed by atoms with Gasteiger partial charge >= 0.3 is 0 Å². The third kappa shape index (κ3) is 1.25. The van der Waals surface area contributed by atoms with Crippen molar-refractivity contribution in [1.29, 1.82) is 0 Å². The molecule has 74 valence electrons. The minimum atomic E-state index is 0.879. The standard InChI is InChI=1S/C11H15N3/c1-3-4-8-5-6-9-7-13-14(2)11(9)10(8)12/h5-7H,3-4,12H2,1-2H3. The Hall–Kier alpha value is -1.51. The van der Waals surface area contributed by atoms with Crippen LogP contribution in [0.1, 0.15) is 18.9 Å². The van der Waals surface area contributed by atoms with E-state index in [0.29, 0.717) is 0 Å². The summed E-state index contributed by atoms with van der Waals surface area (Å²) < 4.78 is 1.84. The van der Waals surface area contributed by atoms with E-state index in [0.717, 1.165) is 29.4 Å². The molecule has 1 aromatic heterocycles. The molecular weight excluding hydrogens is 174 g/mol. The number of anilines is 1. The van der Waals surface area contributed by atoms with Gasteiger partial charge in [-0.25, -0.2) is 0 Å². The maximum Gasteiger partial charge on any atom is 0.0911 e. The van der Waals surface area contributed by atoms with E-state index in [4.69, 9.17) is 5.73 Å². The van der Waals surface area contributed by atoms with E-state index in [9.17, 15) is 0 Å². The summed E-state index contributed by atoms with van der Waals surface area (Å²) in [5.41, 5.74) is 9.25. The molecule has 2 N–H and O–H groups in total. The molecule has 0 spiro atoms. The summed E-state index contributed by atoms with van der Waals surface area (Å²) in [5.74, 6) is 0. The van der Waals surface area contributed by atoms with Gasteiger partial charge in [-0.3, -0.25) is 4.68 Å². The molecule has 0 fully saturated rings. The first-order valence-electron chi connectivity index (χ1n) is 4.93. The highest BCUT2D eigenvalue weighted by Crippen LogP contribution is 2.24. The van der Waals surface area contributed by atoms with Crippen LogP contribution >= 0.6 is 0 Å². The highest BCUT2D eigenvalue weighted by atomic mass is 15.3. The van der Waals surface area contributed by atoms with E-state index in [1.54, 1.807) is 0 Å². The zero-order chi connectivity index (χ0) is 10.1. The van der Waals surface area contributed by atoms with Crippen LogP contribution in [0.15, 0.2) is 18.3 Å². The summed E-state index contributed by atoms with van der Waals surface area (Å²) >= 11 is 0. The summed E-state index contributed by atoms with van der Waals surface area (Å²) in [4.78, 5) is 0. The number of benzene rings is 1. The molecule has 3 heteroatoms. The molecule has 1 aromatic carbocycles. The van der Waals surface area contributed by atoms with E-state index in [-0.39, 0.29) is 0 Å². The predicted molar refractivity (Wildman–Crippen MR) is 59.1 cm³/mol. The number of aromatic nitrogens is 2. The fourth-order valence-corrected chi connectivity index (χ4v) is 1.83. The van der Waals surface area contributed by atoms with Crippen molar-refractivity contribution in [1.82, 2.24) is 9.78 Å². The Morgan fingerprint density at radius 2 is 2.21 bits per heavy atom. The molecule has 2 rings (SSSR count). The van der Waals surface area contributed by atoms with Gasteiger partial charge in [0.25, 0.3) is 0 Å². The molecule has 0 saturated carbocycles. The van der Waals surface area contributed by atoms with Gasteiger partial charge in [-0.05, 0) is 12.0 Å². The van der Waals surface area contributed by atoms with Crippen LogP contribution in [0.4, 0.5) is 5.69 Å². The Labute approximate surface area is 83.5 Å². The molecule has 0 unspecified atom stereocenters. The Bertz CT molecular complexity index is 457. The first-order valence-corrected chi connectivity index (χ1v) is 4.93. The molecule has 0 atom stereocenters. The normalized spacial score (nSPS) is 11.0. The molecule has 3 nitrogen and oxygen atoms in total. The van der Waals surface area contributed by atoms with Crippen molar-refractivity contribution >= 4 is 16.6 Å². The molecule has 1 heterocycles. The second-order valence-corrected chi connectivity index (χ2v) is 3.59. The Kier molecular flexibility index (Phi) is 2.15. The fourth-order valence-electron chi connectivity index (χ4n) is 1.83. The number of nitrogens with zero attached hydrogens (tertiary/aromatic N) is 2. The highest BCUT2D eigenvalue weighted by molar-refractivity contribution is 5.91. The average Bonchev–Trinajstić information content (AvgIpc) is 2.54. The third-order valence-electron chi connectivity index (χ3n) is 2.55. The lowest BCUT2D eigenvalue weighted by molar-refractivity contribution is 0.797. The average molecular weight is 189 g/mol. The lowest BCUT2D eigenvalue weighted by Crippen LogP contribution is -1.99. The van der Waals surface area contributed by atoms with Crippen molar-refractivity contribution in [3.63, 3.8) is 0 Å². The molecule has 0 bridgehead atoms. The molecule has 0 radical (unpaired) electrons. The van der Waals surface area contributed by atoms with E-state index in [1.807, 2.05) is 17.9 Å². The van der Waals surface area contributed by atoms with Crippen LogP contribution in [-0.4, -0.2) is 9.78 Å². The van der Waals surface area contributed by atoms with Gasteiger partial charge in [0.05, 0.1) is 17.4 Å². The Balaban J connectivity index is 2.66. The molecular formula is C11H15N3. The number of hydrogen-bond donors (Lipinski definition) is 1. The van der Waals surface area contributed by atoms with Gasteiger partial charge in [0.1, 0.15) is 0 Å². The Morgan fingerprint density at radius 1 is 1.43 bits per heavy atom. The van der Waals surface area contributed by atoms with Crippen molar-refractivity contribution < 1.29 is 0 Å². The van der Waals surface area contributed by atoms with Crippen LogP contribution in [-0.2, 0) is 13.5 Å². The van der Waals surface area contributed by atoms with E-state index in [2.05, 4.69) is 24.2 Å². The zero-order valence-electron chi connectivity index (χ0n) is 8.62. The second kappa shape index (κ2) is 3.33. The topological polar surface area (TPSA) is 43.8 Å². The number of nitrogens with two attached hydrogens (primary N) is 1. The first-order chi connectivity index (χ1) is 6.74. The fraction of sp³-hybridized carbons (Fsp3) is 0.364. The first kappa shape index (κ1) is 9.06. The largest absolute Gasteiger partial charge is 0.397 e. The molecule has 0 aliphatic rings. The van der Waals surface area contributed by atoms with Crippen molar-refractivity contribution in [3.8, 4) is 0 Å². The molecule has 2 aromatic rings. The lowest BCUT2D eigenvalue weighted by Gasteiger charge is -2.06. The van der Waals surface area contributed by atoms with Gasteiger partial charge in [0.2, 0.25) is 0 Å². The van der Waals surface area contributed by atoms with Gasteiger partial charge in [-0.2, -0.15) is 5.10 Å². The maximum absolute atomic E-state index is 6.09. The number of aryl methyl sites for hydroxylation is 2. The van der Waals surface area contributed by atoms with Gasteiger partial charge in [-0.15, -0.1) is 0 Å². The van der Waals surface area contributed by atoms with Crippen LogP contribution in [0.5, 0.6) is 0 Å². The van der Waals surface area contributed by atoms with Gasteiger partial charge < -0.3 is 5.73 Å². The van der Waals surface area contributed by atoms with Crippen LogP contribution in [0.2, 0.25) is 0 Å². The van der Waals surface area contributed by atoms with E-state index < -0.39 is 0 Å². The summed E-state index contributed by atoms with van der Waals surface area (Å²) in [6, 6.07) is 4.19. The summed E-state index contributed by atoms with van der Waals surface area (Å²) in [6.07, 6.45) is 4.00. The summed E-state index contributed by atoms with van der Waals surface area (Å²) in [6.45, 7) is 2.16. The van der Waals surface area contributed by atoms with Gasteiger partial charge in [0.15, 0.2) is 0 Å². The van der Waals surface area contributed by atoms with Crippen molar-refractivity contribution in [2.24, 2.45) is 7.05 Å². The maximum atomic E-state index is 6.09. The van der Waals surface area contributed by atoms with Crippen molar-refractivity contribution in [3.05, 3.63) is 23.9 Å². The molecule has 0 amide bonds. The van der Waals surface area contributed by atoms with E-state index >= 15 is 0 Å². The third-order valence-corrected chi connectivity index (χ3v) is 2.55. The van der Waals surface area contributed by atoms with Crippen LogP contribution < -0.4 is 5.73 Å². The SMILES string of the molecule is CCCc1ccc2cnn(C)c2c1N. The van der Waals surface area contributed by atoms with Crippen LogP contribution in [0.3, 0.4) is 0 Å². The molecule has 0 aliphatic heterocycles. The zero-order valence-corrected chi connectivity index (χ0v) is 8.62. The van der Waals surface area contributed by atoms with Gasteiger partial charge in [0, 0.05) is 12.4 Å². The lowest BCUT2D eigenvalue weighted by atomic mass is 10.1. The molecule has 14 heavy (non-hydrogen) atoms. The van der Waals surface area contributed by atoms with Crippen molar-refractivity contribution in [2.45, 2.75) is 19.8 Å². The number of rotatable bonds is 2. The van der Waals surface area contributed by atoms with Crippen LogP contribution in [0, 0.1) is 0 Å². The van der Waals surface area contributed by atoms with Gasteiger partial charge in [-0.1, -0.05) is 25.5 Å². The predicted octanol–water partition coefficient (Wildman–Crippen LogP) is 2.11. The highest BCUT2D eigenvalue weighted by Gasteiger charge is 2.07. The summed E-state index contributed by atoms with van der Waals surface area (Å²) in [5, 5.41) is 5.31. The number of nitrogen functional groups attached to an aromatic ring is 1. The number of hydrogen-bond acceptors (Lipinski definition) is 2.